The zero-order chi connectivity index (χ0) is 11.5. The molecule has 0 unspecified atom stereocenters. The van der Waals surface area contributed by atoms with E-state index in [2.05, 4.69) is 9.79 Å². The smallest absolute Gasteiger partial charge is 0.298 e. The van der Waals surface area contributed by atoms with E-state index in [0.717, 1.165) is 4.68 Å². The summed E-state index contributed by atoms with van der Waals surface area (Å²) in [5.74, 6) is 0. The molecule has 6 nitrogen and oxygen atoms in total. The number of aromatic nitrogens is 2. The number of nitrogens with one attached hydrogen (secondary N) is 1. The molecule has 16 heavy (non-hydrogen) atoms. The van der Waals surface area contributed by atoms with Crippen molar-refractivity contribution in [3.05, 3.63) is 45.9 Å². The second kappa shape index (κ2) is 3.93. The van der Waals surface area contributed by atoms with Gasteiger partial charge in [0.1, 0.15) is 0 Å². The maximum atomic E-state index is 11.1. The Bertz CT molecular complexity index is 597. The number of nitrogens with zero attached hydrogens (tertiary/aromatic N) is 1. The molecule has 80 valence electrons. The van der Waals surface area contributed by atoms with Crippen LogP contribution in [0, 0.1) is 0 Å². The summed E-state index contributed by atoms with van der Waals surface area (Å²) in [6.07, 6.45) is 0.992. The first-order valence-electron chi connectivity index (χ1n) is 4.41. The third-order valence-electron chi connectivity index (χ3n) is 2.10. The Morgan fingerprint density at radius 3 is 2.62 bits per heavy atom. The van der Waals surface area contributed by atoms with Crippen molar-refractivity contribution in [2.24, 2.45) is 0 Å². The Labute approximate surface area is 89.1 Å². The zero-order valence-corrected chi connectivity index (χ0v) is 8.04. The van der Waals surface area contributed by atoms with Gasteiger partial charge >= 0.3 is 11.3 Å². The van der Waals surface area contributed by atoms with E-state index in [-0.39, 0.29) is 5.69 Å². The average Bonchev–Trinajstić information content (AvgIpc) is 2.70. The molecule has 0 spiro atoms. The van der Waals surface area contributed by atoms with Gasteiger partial charge in [-0.25, -0.2) is 4.79 Å². The van der Waals surface area contributed by atoms with E-state index >= 15 is 0 Å². The molecule has 0 saturated carbocycles. The standard InChI is InChI=1S/C10H6N2O4/c13-5-7-3-1-2-4-8(7)12-9(6-14)10(15)16-11-12/h1-6H/p+1. The molecule has 1 heterocycles. The lowest BCUT2D eigenvalue weighted by Crippen LogP contribution is -2.39. The number of hydrogen-bond acceptors (Lipinski definition) is 4. The van der Waals surface area contributed by atoms with Gasteiger partial charge in [0.2, 0.25) is 12.0 Å². The predicted molar refractivity (Wildman–Crippen MR) is 51.6 cm³/mol. The lowest BCUT2D eigenvalue weighted by Gasteiger charge is -1.93. The van der Waals surface area contributed by atoms with Gasteiger partial charge in [-0.05, 0) is 16.0 Å². The summed E-state index contributed by atoms with van der Waals surface area (Å²) >= 11 is 0. The number of para-hydroxylation sites is 1. The van der Waals surface area contributed by atoms with Crippen LogP contribution in [0.4, 0.5) is 0 Å². The monoisotopic (exact) mass is 219 g/mol. The highest BCUT2D eigenvalue weighted by Gasteiger charge is 2.24. The molecule has 0 fully saturated rings. The van der Waals surface area contributed by atoms with Crippen LogP contribution in [0.1, 0.15) is 20.8 Å². The van der Waals surface area contributed by atoms with Crippen molar-refractivity contribution in [3.8, 4) is 5.69 Å². The number of carbonyl (C=O) groups excluding carboxylic acids is 2. The largest absolute Gasteiger partial charge is 0.438 e. The van der Waals surface area contributed by atoms with Crippen LogP contribution in [0.2, 0.25) is 0 Å². The molecule has 0 radical (unpaired) electrons. The van der Waals surface area contributed by atoms with Crippen LogP contribution >= 0.6 is 0 Å². The summed E-state index contributed by atoms with van der Waals surface area (Å²) in [5.41, 5.74) is -0.261. The number of H-pyrrole nitrogens is 1. The van der Waals surface area contributed by atoms with Crippen LogP contribution in [0.15, 0.2) is 33.6 Å². The fraction of sp³-hybridized carbons (Fsp3) is 0. The zero-order valence-electron chi connectivity index (χ0n) is 8.04. The summed E-state index contributed by atoms with van der Waals surface area (Å²) in [4.78, 5) is 32.6. The first-order chi connectivity index (χ1) is 7.77. The van der Waals surface area contributed by atoms with Gasteiger partial charge in [0.25, 0.3) is 0 Å². The Morgan fingerprint density at radius 1 is 1.19 bits per heavy atom. The summed E-state index contributed by atoms with van der Waals surface area (Å²) in [6.45, 7) is 0. The molecule has 0 atom stereocenters. The number of rotatable bonds is 3. The molecule has 2 rings (SSSR count). The number of aldehydes is 2. The van der Waals surface area contributed by atoms with Crippen molar-refractivity contribution >= 4 is 12.6 Å². The molecule has 0 aliphatic heterocycles. The van der Waals surface area contributed by atoms with Crippen LogP contribution in [-0.4, -0.2) is 17.8 Å². The molecule has 0 saturated heterocycles. The summed E-state index contributed by atoms with van der Waals surface area (Å²) in [7, 11) is 0. The topological polar surface area (TPSA) is 84.0 Å². The Hall–Kier alpha value is -2.50. The Morgan fingerprint density at radius 2 is 1.94 bits per heavy atom. The number of benzene rings is 1. The minimum absolute atomic E-state index is 0.200. The molecule has 1 aromatic heterocycles. The van der Waals surface area contributed by atoms with Crippen molar-refractivity contribution in [1.29, 1.82) is 0 Å². The quantitative estimate of drug-likeness (QED) is 0.575. The van der Waals surface area contributed by atoms with Gasteiger partial charge in [0.15, 0.2) is 6.29 Å². The van der Waals surface area contributed by atoms with E-state index in [1.165, 1.54) is 0 Å². The normalized spacial score (nSPS) is 10.0. The molecular weight excluding hydrogens is 212 g/mol. The van der Waals surface area contributed by atoms with Crippen LogP contribution in [-0.2, 0) is 0 Å². The lowest BCUT2D eigenvalue weighted by atomic mass is 10.2. The van der Waals surface area contributed by atoms with Gasteiger partial charge in [0, 0.05) is 6.07 Å². The van der Waals surface area contributed by atoms with Crippen LogP contribution in [0.25, 0.3) is 5.69 Å². The molecular formula is C10H7N2O4+. The van der Waals surface area contributed by atoms with Crippen molar-refractivity contribution in [1.82, 2.24) is 5.27 Å². The fourth-order valence-corrected chi connectivity index (χ4v) is 1.35. The van der Waals surface area contributed by atoms with Crippen molar-refractivity contribution in [3.63, 3.8) is 0 Å². The summed E-state index contributed by atoms with van der Waals surface area (Å²) < 4.78 is 5.60. The van der Waals surface area contributed by atoms with Gasteiger partial charge in [-0.2, -0.15) is 0 Å². The SMILES string of the molecule is O=Cc1ccccc1-[n+]1[nH]oc(=O)c1C=O. The second-order valence-electron chi connectivity index (χ2n) is 3.00. The molecule has 6 heteroatoms. The molecule has 2 aromatic rings. The fourth-order valence-electron chi connectivity index (χ4n) is 1.35. The van der Waals surface area contributed by atoms with E-state index in [1.807, 2.05) is 0 Å². The minimum atomic E-state index is -0.782. The Kier molecular flexibility index (Phi) is 2.47. The highest BCUT2D eigenvalue weighted by molar-refractivity contribution is 5.79. The number of hydrogen-bond donors (Lipinski definition) is 1. The first-order valence-corrected chi connectivity index (χ1v) is 4.41. The van der Waals surface area contributed by atoms with E-state index < -0.39 is 5.63 Å². The first kappa shape index (κ1) is 10.0. The predicted octanol–water partition coefficient (Wildman–Crippen LogP) is -0.130. The third kappa shape index (κ3) is 1.46. The molecule has 0 bridgehead atoms. The Balaban J connectivity index is 2.71. The van der Waals surface area contributed by atoms with Gasteiger partial charge < -0.3 is 0 Å². The van der Waals surface area contributed by atoms with Crippen molar-refractivity contribution < 1.29 is 18.8 Å². The van der Waals surface area contributed by atoms with Crippen LogP contribution in [0.3, 0.4) is 0 Å². The summed E-state index contributed by atoms with van der Waals surface area (Å²) in [6, 6.07) is 6.50. The van der Waals surface area contributed by atoms with E-state index in [4.69, 9.17) is 0 Å². The van der Waals surface area contributed by atoms with Crippen molar-refractivity contribution in [2.75, 3.05) is 0 Å². The van der Waals surface area contributed by atoms with E-state index in [9.17, 15) is 14.4 Å². The van der Waals surface area contributed by atoms with E-state index in [0.29, 0.717) is 23.8 Å². The molecule has 0 aliphatic rings. The number of aromatic amines is 1. The highest BCUT2D eigenvalue weighted by atomic mass is 16.5. The number of carbonyl (C=O) groups is 2. The van der Waals surface area contributed by atoms with Crippen LogP contribution < -0.4 is 10.3 Å². The van der Waals surface area contributed by atoms with E-state index in [1.54, 1.807) is 24.3 Å². The van der Waals surface area contributed by atoms with Gasteiger partial charge in [0.05, 0.1) is 5.56 Å². The maximum Gasteiger partial charge on any atom is 0.438 e. The lowest BCUT2D eigenvalue weighted by molar-refractivity contribution is -0.671. The van der Waals surface area contributed by atoms with Gasteiger partial charge in [-0.1, -0.05) is 12.1 Å². The second-order valence-corrected chi connectivity index (χ2v) is 3.00. The van der Waals surface area contributed by atoms with Crippen LogP contribution in [0.5, 0.6) is 0 Å². The molecule has 1 N–H and O–H groups in total. The third-order valence-corrected chi connectivity index (χ3v) is 2.10. The van der Waals surface area contributed by atoms with Crippen molar-refractivity contribution in [2.45, 2.75) is 0 Å². The molecule has 1 aromatic carbocycles. The average molecular weight is 219 g/mol. The molecule has 0 amide bonds. The molecule has 0 aliphatic carbocycles. The highest BCUT2D eigenvalue weighted by Crippen LogP contribution is 2.04. The summed E-state index contributed by atoms with van der Waals surface area (Å²) in [5, 5.41) is 2.26. The van der Waals surface area contributed by atoms with Gasteiger partial charge in [-0.15, -0.1) is 0 Å². The maximum absolute atomic E-state index is 11.1. The van der Waals surface area contributed by atoms with Gasteiger partial charge in [-0.3, -0.25) is 14.1 Å². The minimum Gasteiger partial charge on any atom is -0.298 e.